The molecule has 0 amide bonds. The quantitative estimate of drug-likeness (QED) is 0.553. The molecule has 0 saturated heterocycles. The van der Waals surface area contributed by atoms with Crippen molar-refractivity contribution in [1.29, 1.82) is 0 Å². The molecular weight excluding hydrogens is 132 g/mol. The molecule has 0 heterocycles. The van der Waals surface area contributed by atoms with Gasteiger partial charge in [-0.3, -0.25) is 0 Å². The summed E-state index contributed by atoms with van der Waals surface area (Å²) < 4.78 is 15.3. The van der Waals surface area contributed by atoms with Gasteiger partial charge in [0.2, 0.25) is 0 Å². The molecule has 1 saturated carbocycles. The van der Waals surface area contributed by atoms with Gasteiger partial charge >= 0.3 is 0 Å². The Morgan fingerprint density at radius 3 is 1.50 bits per heavy atom. The zero-order valence-corrected chi connectivity index (χ0v) is 6.72. The van der Waals surface area contributed by atoms with Gasteiger partial charge in [0.25, 0.3) is 5.97 Å². The van der Waals surface area contributed by atoms with Gasteiger partial charge in [0.1, 0.15) is 0 Å². The summed E-state index contributed by atoms with van der Waals surface area (Å²) in [5.74, 6) is -0.340. The molecule has 10 heavy (non-hydrogen) atoms. The average Bonchev–Trinajstić information content (AvgIpc) is 2.77. The van der Waals surface area contributed by atoms with Gasteiger partial charge in [-0.15, -0.1) is 0 Å². The fourth-order valence-corrected chi connectivity index (χ4v) is 1.19. The van der Waals surface area contributed by atoms with Crippen LogP contribution in [0.15, 0.2) is 0 Å². The van der Waals surface area contributed by atoms with E-state index in [0.717, 1.165) is 12.8 Å². The van der Waals surface area contributed by atoms with E-state index >= 15 is 0 Å². The Morgan fingerprint density at radius 1 is 1.00 bits per heavy atom. The SMILES string of the molecule is COC(OC)(OC)C1CC1. The number of hydrogen-bond acceptors (Lipinski definition) is 3. The van der Waals surface area contributed by atoms with Crippen molar-refractivity contribution in [3.05, 3.63) is 0 Å². The molecule has 3 nitrogen and oxygen atoms in total. The summed E-state index contributed by atoms with van der Waals surface area (Å²) in [7, 11) is 4.81. The van der Waals surface area contributed by atoms with Crippen molar-refractivity contribution in [2.24, 2.45) is 5.92 Å². The van der Waals surface area contributed by atoms with E-state index in [2.05, 4.69) is 0 Å². The molecule has 0 radical (unpaired) electrons. The molecule has 0 aromatic heterocycles. The largest absolute Gasteiger partial charge is 0.331 e. The second-order valence-electron chi connectivity index (χ2n) is 2.49. The van der Waals surface area contributed by atoms with Gasteiger partial charge in [0.15, 0.2) is 0 Å². The molecule has 3 heteroatoms. The molecule has 0 aromatic rings. The Kier molecular flexibility index (Phi) is 2.28. The predicted octanol–water partition coefficient (Wildman–Crippen LogP) is 0.989. The second-order valence-corrected chi connectivity index (χ2v) is 2.49. The van der Waals surface area contributed by atoms with Crippen LogP contribution in [0.3, 0.4) is 0 Å². The maximum Gasteiger partial charge on any atom is 0.285 e. The number of ether oxygens (including phenoxy) is 3. The lowest BCUT2D eigenvalue weighted by molar-refractivity contribution is -0.363. The molecule has 0 N–H and O–H groups in total. The van der Waals surface area contributed by atoms with Gasteiger partial charge in [-0.2, -0.15) is 0 Å². The maximum atomic E-state index is 5.12. The van der Waals surface area contributed by atoms with Gasteiger partial charge < -0.3 is 14.2 Å². The molecular formula is C7H14O3. The van der Waals surface area contributed by atoms with Crippen molar-refractivity contribution < 1.29 is 14.2 Å². The third-order valence-electron chi connectivity index (χ3n) is 1.93. The van der Waals surface area contributed by atoms with Gasteiger partial charge in [-0.05, 0) is 12.8 Å². The third kappa shape index (κ3) is 1.17. The molecule has 0 spiro atoms. The van der Waals surface area contributed by atoms with Crippen LogP contribution in [-0.2, 0) is 14.2 Å². The van der Waals surface area contributed by atoms with Gasteiger partial charge in [0.05, 0.1) is 0 Å². The Morgan fingerprint density at radius 2 is 1.40 bits per heavy atom. The number of methoxy groups -OCH3 is 3. The first-order valence-corrected chi connectivity index (χ1v) is 3.44. The van der Waals surface area contributed by atoms with Crippen molar-refractivity contribution >= 4 is 0 Å². The topological polar surface area (TPSA) is 27.7 Å². The van der Waals surface area contributed by atoms with Crippen LogP contribution in [0.4, 0.5) is 0 Å². The van der Waals surface area contributed by atoms with Crippen LogP contribution >= 0.6 is 0 Å². The normalized spacial score (nSPS) is 19.5. The van der Waals surface area contributed by atoms with Crippen molar-refractivity contribution in [2.45, 2.75) is 18.8 Å². The van der Waals surface area contributed by atoms with Gasteiger partial charge in [-0.1, -0.05) is 0 Å². The van der Waals surface area contributed by atoms with Crippen LogP contribution in [0, 0.1) is 5.92 Å². The molecule has 1 fully saturated rings. The van der Waals surface area contributed by atoms with E-state index in [1.165, 1.54) is 0 Å². The van der Waals surface area contributed by atoms with E-state index in [1.54, 1.807) is 21.3 Å². The first kappa shape index (κ1) is 7.98. The van der Waals surface area contributed by atoms with E-state index < -0.39 is 5.97 Å². The lowest BCUT2D eigenvalue weighted by atomic mass is 10.3. The summed E-state index contributed by atoms with van der Waals surface area (Å²) in [6.45, 7) is 0. The zero-order chi connectivity index (χ0) is 7.61. The molecule has 0 atom stereocenters. The van der Waals surface area contributed by atoms with Gasteiger partial charge in [0, 0.05) is 27.2 Å². The molecule has 60 valence electrons. The number of rotatable bonds is 4. The highest BCUT2D eigenvalue weighted by Gasteiger charge is 2.47. The lowest BCUT2D eigenvalue weighted by Gasteiger charge is -2.28. The molecule has 0 aliphatic heterocycles. The van der Waals surface area contributed by atoms with Crippen molar-refractivity contribution in [1.82, 2.24) is 0 Å². The Labute approximate surface area is 61.3 Å². The van der Waals surface area contributed by atoms with E-state index in [4.69, 9.17) is 14.2 Å². The highest BCUT2D eigenvalue weighted by Crippen LogP contribution is 2.42. The minimum Gasteiger partial charge on any atom is -0.331 e. The van der Waals surface area contributed by atoms with E-state index in [0.29, 0.717) is 5.92 Å². The monoisotopic (exact) mass is 146 g/mol. The van der Waals surface area contributed by atoms with Crippen LogP contribution < -0.4 is 0 Å². The fraction of sp³-hybridized carbons (Fsp3) is 1.00. The van der Waals surface area contributed by atoms with E-state index in [9.17, 15) is 0 Å². The van der Waals surface area contributed by atoms with Gasteiger partial charge in [-0.25, -0.2) is 0 Å². The van der Waals surface area contributed by atoms with Crippen LogP contribution in [-0.4, -0.2) is 27.3 Å². The van der Waals surface area contributed by atoms with Crippen LogP contribution in [0.25, 0.3) is 0 Å². The lowest BCUT2D eigenvalue weighted by Crippen LogP contribution is -2.38. The molecule has 1 rings (SSSR count). The predicted molar refractivity (Wildman–Crippen MR) is 36.5 cm³/mol. The summed E-state index contributed by atoms with van der Waals surface area (Å²) in [4.78, 5) is 0. The van der Waals surface area contributed by atoms with Crippen LogP contribution in [0.5, 0.6) is 0 Å². The number of hydrogen-bond donors (Lipinski definition) is 0. The second kappa shape index (κ2) is 2.86. The third-order valence-corrected chi connectivity index (χ3v) is 1.93. The average molecular weight is 146 g/mol. The summed E-state index contributed by atoms with van der Waals surface area (Å²) >= 11 is 0. The Balaban J connectivity index is 2.52. The molecule has 1 aliphatic rings. The van der Waals surface area contributed by atoms with Crippen LogP contribution in [0.2, 0.25) is 0 Å². The van der Waals surface area contributed by atoms with E-state index in [1.807, 2.05) is 0 Å². The van der Waals surface area contributed by atoms with Crippen molar-refractivity contribution in [3.63, 3.8) is 0 Å². The highest BCUT2D eigenvalue weighted by atomic mass is 16.9. The smallest absolute Gasteiger partial charge is 0.285 e. The molecule has 0 bridgehead atoms. The summed E-state index contributed by atoms with van der Waals surface area (Å²) in [6, 6.07) is 0. The molecule has 1 aliphatic carbocycles. The molecule has 0 unspecified atom stereocenters. The first-order chi connectivity index (χ1) is 4.79. The Hall–Kier alpha value is -0.120. The van der Waals surface area contributed by atoms with Crippen molar-refractivity contribution in [3.8, 4) is 0 Å². The summed E-state index contributed by atoms with van der Waals surface area (Å²) in [6.07, 6.45) is 2.27. The summed E-state index contributed by atoms with van der Waals surface area (Å²) in [5, 5.41) is 0. The maximum absolute atomic E-state index is 5.12. The Bertz CT molecular complexity index is 97.2. The highest BCUT2D eigenvalue weighted by molar-refractivity contribution is 4.82. The molecule has 0 aromatic carbocycles. The van der Waals surface area contributed by atoms with Crippen molar-refractivity contribution in [2.75, 3.05) is 21.3 Å². The zero-order valence-electron chi connectivity index (χ0n) is 6.72. The first-order valence-electron chi connectivity index (χ1n) is 3.44. The minimum absolute atomic E-state index is 0.424. The summed E-state index contributed by atoms with van der Waals surface area (Å²) in [5.41, 5.74) is 0. The minimum atomic E-state index is -0.764. The fourth-order valence-electron chi connectivity index (χ4n) is 1.19. The van der Waals surface area contributed by atoms with E-state index in [-0.39, 0.29) is 0 Å². The van der Waals surface area contributed by atoms with Crippen LogP contribution in [0.1, 0.15) is 12.8 Å². The standard InChI is InChI=1S/C7H14O3/c1-8-7(9-2,10-3)6-4-5-6/h6H,4-5H2,1-3H3.